The van der Waals surface area contributed by atoms with Crippen LogP contribution in [0.4, 0.5) is 0 Å². The van der Waals surface area contributed by atoms with Gasteiger partial charge in [0.1, 0.15) is 0 Å². The number of aryl methyl sites for hydroxylation is 1. The number of aromatic nitrogens is 1. The normalized spacial score (nSPS) is 10.4. The number of methoxy groups -OCH3 is 1. The second kappa shape index (κ2) is 6.20. The zero-order valence-corrected chi connectivity index (χ0v) is 11.2. The number of phenols is 1. The Kier molecular flexibility index (Phi) is 4.36. The maximum absolute atomic E-state index is 9.68. The largest absolute Gasteiger partial charge is 0.504 e. The SMILES string of the molecule is COc1ccc(CNCc2cccc(C)n2)cc1O. The van der Waals surface area contributed by atoms with Crippen LogP contribution in [0.15, 0.2) is 36.4 Å². The molecule has 0 fully saturated rings. The molecule has 2 aromatic rings. The number of nitrogens with one attached hydrogen (secondary N) is 1. The van der Waals surface area contributed by atoms with E-state index in [1.807, 2.05) is 31.2 Å². The van der Waals surface area contributed by atoms with E-state index in [1.165, 1.54) is 7.11 Å². The van der Waals surface area contributed by atoms with Crippen LogP contribution < -0.4 is 10.1 Å². The summed E-state index contributed by atoms with van der Waals surface area (Å²) in [6.45, 7) is 3.35. The van der Waals surface area contributed by atoms with E-state index >= 15 is 0 Å². The molecule has 0 aliphatic heterocycles. The van der Waals surface area contributed by atoms with Crippen molar-refractivity contribution in [3.05, 3.63) is 53.3 Å². The van der Waals surface area contributed by atoms with Gasteiger partial charge in [0.25, 0.3) is 0 Å². The zero-order chi connectivity index (χ0) is 13.7. The minimum absolute atomic E-state index is 0.162. The zero-order valence-electron chi connectivity index (χ0n) is 11.2. The third-order valence-corrected chi connectivity index (χ3v) is 2.82. The fourth-order valence-electron chi connectivity index (χ4n) is 1.88. The lowest BCUT2D eigenvalue weighted by atomic mass is 10.2. The average molecular weight is 258 g/mol. The van der Waals surface area contributed by atoms with Gasteiger partial charge in [0.15, 0.2) is 11.5 Å². The van der Waals surface area contributed by atoms with E-state index in [2.05, 4.69) is 10.3 Å². The standard InChI is InChI=1S/C15H18N2O2/c1-11-4-3-5-13(17-11)10-16-9-12-6-7-15(19-2)14(18)8-12/h3-8,16,18H,9-10H2,1-2H3. The Balaban J connectivity index is 1.90. The Morgan fingerprint density at radius 3 is 2.74 bits per heavy atom. The number of nitrogens with zero attached hydrogens (tertiary/aromatic N) is 1. The highest BCUT2D eigenvalue weighted by atomic mass is 16.5. The molecule has 0 saturated heterocycles. The second-order valence-electron chi connectivity index (χ2n) is 4.38. The molecule has 0 bridgehead atoms. The average Bonchev–Trinajstić information content (AvgIpc) is 2.39. The second-order valence-corrected chi connectivity index (χ2v) is 4.38. The Bertz CT molecular complexity index is 556. The van der Waals surface area contributed by atoms with Crippen LogP contribution in [-0.2, 0) is 13.1 Å². The summed E-state index contributed by atoms with van der Waals surface area (Å²) in [5, 5.41) is 13.0. The molecule has 0 spiro atoms. The van der Waals surface area contributed by atoms with Crippen molar-refractivity contribution in [3.8, 4) is 11.5 Å². The molecule has 0 aliphatic rings. The Labute approximate surface area is 113 Å². The first-order valence-corrected chi connectivity index (χ1v) is 6.18. The van der Waals surface area contributed by atoms with E-state index in [4.69, 9.17) is 4.74 Å². The number of rotatable bonds is 5. The minimum Gasteiger partial charge on any atom is -0.504 e. The van der Waals surface area contributed by atoms with Gasteiger partial charge in [-0.15, -0.1) is 0 Å². The van der Waals surface area contributed by atoms with Crippen molar-refractivity contribution >= 4 is 0 Å². The first-order chi connectivity index (χ1) is 9.19. The monoisotopic (exact) mass is 258 g/mol. The van der Waals surface area contributed by atoms with Crippen LogP contribution in [0.5, 0.6) is 11.5 Å². The molecule has 0 saturated carbocycles. The molecule has 0 atom stereocenters. The summed E-state index contributed by atoms with van der Waals surface area (Å²) in [5.74, 6) is 0.652. The van der Waals surface area contributed by atoms with Crippen LogP contribution in [0.2, 0.25) is 0 Å². The van der Waals surface area contributed by atoms with Crippen molar-refractivity contribution < 1.29 is 9.84 Å². The highest BCUT2D eigenvalue weighted by Gasteiger charge is 2.02. The maximum atomic E-state index is 9.68. The van der Waals surface area contributed by atoms with Gasteiger partial charge in [0.2, 0.25) is 0 Å². The molecule has 2 N–H and O–H groups in total. The topological polar surface area (TPSA) is 54.4 Å². The lowest BCUT2D eigenvalue weighted by Gasteiger charge is -2.08. The highest BCUT2D eigenvalue weighted by Crippen LogP contribution is 2.26. The van der Waals surface area contributed by atoms with Gasteiger partial charge < -0.3 is 15.2 Å². The number of ether oxygens (including phenoxy) is 1. The number of phenolic OH excluding ortho intramolecular Hbond substituents is 1. The predicted octanol–water partition coefficient (Wildman–Crippen LogP) is 2.39. The summed E-state index contributed by atoms with van der Waals surface area (Å²) in [7, 11) is 1.54. The van der Waals surface area contributed by atoms with Crippen LogP contribution in [0.25, 0.3) is 0 Å². The van der Waals surface area contributed by atoms with E-state index in [-0.39, 0.29) is 5.75 Å². The van der Waals surface area contributed by atoms with Gasteiger partial charge in [-0.2, -0.15) is 0 Å². The lowest BCUT2D eigenvalue weighted by Crippen LogP contribution is -2.13. The van der Waals surface area contributed by atoms with Crippen LogP contribution in [-0.4, -0.2) is 17.2 Å². The Hall–Kier alpha value is -2.07. The van der Waals surface area contributed by atoms with Gasteiger partial charge in [0, 0.05) is 18.8 Å². The van der Waals surface area contributed by atoms with Crippen molar-refractivity contribution in [1.82, 2.24) is 10.3 Å². The summed E-state index contributed by atoms with van der Waals surface area (Å²) in [4.78, 5) is 4.42. The van der Waals surface area contributed by atoms with Crippen LogP contribution >= 0.6 is 0 Å². The molecule has 0 unspecified atom stereocenters. The first kappa shape index (κ1) is 13.4. The van der Waals surface area contributed by atoms with Gasteiger partial charge in [0.05, 0.1) is 12.8 Å². The van der Waals surface area contributed by atoms with E-state index in [1.54, 1.807) is 12.1 Å². The number of benzene rings is 1. The Morgan fingerprint density at radius 1 is 1.21 bits per heavy atom. The molecule has 0 radical (unpaired) electrons. The molecular weight excluding hydrogens is 240 g/mol. The van der Waals surface area contributed by atoms with Crippen molar-refractivity contribution in [2.24, 2.45) is 0 Å². The number of pyridine rings is 1. The van der Waals surface area contributed by atoms with Crippen molar-refractivity contribution in [3.63, 3.8) is 0 Å². The van der Waals surface area contributed by atoms with Crippen molar-refractivity contribution in [2.75, 3.05) is 7.11 Å². The van der Waals surface area contributed by atoms with E-state index in [0.717, 1.165) is 17.0 Å². The molecule has 0 aliphatic carbocycles. The molecule has 2 rings (SSSR count). The quantitative estimate of drug-likeness (QED) is 0.864. The maximum Gasteiger partial charge on any atom is 0.160 e. The van der Waals surface area contributed by atoms with Crippen molar-refractivity contribution in [1.29, 1.82) is 0 Å². The molecule has 4 nitrogen and oxygen atoms in total. The lowest BCUT2D eigenvalue weighted by molar-refractivity contribution is 0.373. The molecular formula is C15H18N2O2. The van der Waals surface area contributed by atoms with E-state index < -0.39 is 0 Å². The minimum atomic E-state index is 0.162. The predicted molar refractivity (Wildman–Crippen MR) is 74.2 cm³/mol. The number of hydrogen-bond acceptors (Lipinski definition) is 4. The molecule has 1 heterocycles. The van der Waals surface area contributed by atoms with Gasteiger partial charge in [-0.25, -0.2) is 0 Å². The van der Waals surface area contributed by atoms with Gasteiger partial charge in [-0.1, -0.05) is 12.1 Å². The smallest absolute Gasteiger partial charge is 0.160 e. The summed E-state index contributed by atoms with van der Waals surface area (Å²) in [6, 6.07) is 11.4. The summed E-state index contributed by atoms with van der Waals surface area (Å²) < 4.78 is 5.01. The third kappa shape index (κ3) is 3.69. The fourth-order valence-corrected chi connectivity index (χ4v) is 1.88. The molecule has 1 aromatic carbocycles. The van der Waals surface area contributed by atoms with Crippen LogP contribution in [0, 0.1) is 6.92 Å². The number of aromatic hydroxyl groups is 1. The summed E-state index contributed by atoms with van der Waals surface area (Å²) in [6.07, 6.45) is 0. The van der Waals surface area contributed by atoms with E-state index in [9.17, 15) is 5.11 Å². The molecule has 1 aromatic heterocycles. The third-order valence-electron chi connectivity index (χ3n) is 2.82. The number of hydrogen-bond donors (Lipinski definition) is 2. The molecule has 4 heteroatoms. The summed E-state index contributed by atoms with van der Waals surface area (Å²) in [5.41, 5.74) is 3.03. The van der Waals surface area contributed by atoms with Crippen molar-refractivity contribution in [2.45, 2.75) is 20.0 Å². The van der Waals surface area contributed by atoms with Gasteiger partial charge >= 0.3 is 0 Å². The molecule has 19 heavy (non-hydrogen) atoms. The van der Waals surface area contributed by atoms with Gasteiger partial charge in [-0.3, -0.25) is 4.98 Å². The van der Waals surface area contributed by atoms with E-state index in [0.29, 0.717) is 18.8 Å². The van der Waals surface area contributed by atoms with Gasteiger partial charge in [-0.05, 0) is 36.8 Å². The molecule has 0 amide bonds. The Morgan fingerprint density at radius 2 is 2.05 bits per heavy atom. The van der Waals surface area contributed by atoms with Crippen LogP contribution in [0.3, 0.4) is 0 Å². The highest BCUT2D eigenvalue weighted by molar-refractivity contribution is 5.41. The first-order valence-electron chi connectivity index (χ1n) is 6.18. The summed E-state index contributed by atoms with van der Waals surface area (Å²) >= 11 is 0. The fraction of sp³-hybridized carbons (Fsp3) is 0.267. The van der Waals surface area contributed by atoms with Crippen LogP contribution in [0.1, 0.15) is 17.0 Å². The molecule has 100 valence electrons.